The van der Waals surface area contributed by atoms with Gasteiger partial charge in [-0.3, -0.25) is 4.90 Å². The molecule has 2 N–H and O–H groups in total. The Morgan fingerprint density at radius 2 is 1.51 bits per heavy atom. The molecule has 0 aliphatic rings. The number of hydrogen-bond donors (Lipinski definition) is 2. The first-order valence-electron chi connectivity index (χ1n) is 12.7. The minimum Gasteiger partial charge on any atom is -0.480 e. The number of ether oxygens (including phenoxy) is 1. The van der Waals surface area contributed by atoms with Crippen molar-refractivity contribution in [2.45, 2.75) is 45.4 Å². The normalized spacial score (nSPS) is 11.9. The van der Waals surface area contributed by atoms with E-state index in [4.69, 9.17) is 4.74 Å². The summed E-state index contributed by atoms with van der Waals surface area (Å²) < 4.78 is 5.67. The highest BCUT2D eigenvalue weighted by molar-refractivity contribution is 5.88. The lowest BCUT2D eigenvalue weighted by Gasteiger charge is -2.27. The molecule has 1 atom stereocenters. The lowest BCUT2D eigenvalue weighted by Crippen LogP contribution is -2.36. The zero-order valence-corrected chi connectivity index (χ0v) is 22.2. The first kappa shape index (κ1) is 27.3. The van der Waals surface area contributed by atoms with Crippen molar-refractivity contribution >= 4 is 23.6 Å². The minimum atomic E-state index is -0.969. The number of aromatic nitrogens is 2. The van der Waals surface area contributed by atoms with Crippen molar-refractivity contribution in [1.29, 1.82) is 0 Å². The van der Waals surface area contributed by atoms with Gasteiger partial charge < -0.3 is 15.2 Å². The molecule has 200 valence electrons. The summed E-state index contributed by atoms with van der Waals surface area (Å²) in [7, 11) is 0. The Bertz CT molecular complexity index is 1390. The largest absolute Gasteiger partial charge is 0.480 e. The third kappa shape index (κ3) is 7.88. The quantitative estimate of drug-likeness (QED) is 0.269. The monoisotopic (exact) mass is 524 g/mol. The number of rotatable bonds is 9. The van der Waals surface area contributed by atoms with Crippen molar-refractivity contribution in [2.75, 3.05) is 10.2 Å². The van der Waals surface area contributed by atoms with E-state index < -0.39 is 23.7 Å². The van der Waals surface area contributed by atoms with Crippen LogP contribution < -0.4 is 10.2 Å². The number of carbonyl (C=O) groups excluding carboxylic acids is 1. The summed E-state index contributed by atoms with van der Waals surface area (Å²) in [5.41, 5.74) is 3.34. The molecule has 0 radical (unpaired) electrons. The van der Waals surface area contributed by atoms with Crippen molar-refractivity contribution in [3.63, 3.8) is 0 Å². The van der Waals surface area contributed by atoms with Gasteiger partial charge in [0, 0.05) is 23.7 Å². The zero-order valence-electron chi connectivity index (χ0n) is 22.2. The number of anilines is 2. The maximum atomic E-state index is 13.1. The van der Waals surface area contributed by atoms with Gasteiger partial charge in [-0.15, -0.1) is 0 Å². The van der Waals surface area contributed by atoms with E-state index in [1.165, 1.54) is 6.33 Å². The first-order chi connectivity index (χ1) is 18.7. The molecule has 4 rings (SSSR count). The smallest absolute Gasteiger partial charge is 0.415 e. The maximum Gasteiger partial charge on any atom is 0.415 e. The highest BCUT2D eigenvalue weighted by Crippen LogP contribution is 2.26. The average Bonchev–Trinajstić information content (AvgIpc) is 2.92. The second-order valence-electron chi connectivity index (χ2n) is 10.1. The fourth-order valence-corrected chi connectivity index (χ4v) is 3.98. The predicted molar refractivity (Wildman–Crippen MR) is 152 cm³/mol. The lowest BCUT2D eigenvalue weighted by molar-refractivity contribution is -0.137. The Kier molecular flexibility index (Phi) is 8.56. The standard InChI is InChI=1S/C31H32N4O4/c1-31(2,3)39-30(38)35(20-23-12-8-5-9-13-23)25-16-14-24(15-17-25)26-19-28(33-21-32-26)34-27(29(36)37)18-22-10-6-4-7-11-22/h4-17,19,21,27H,18,20H2,1-3H3,(H,36,37)(H,32,33,34)/t27-/m0/s1. The summed E-state index contributed by atoms with van der Waals surface area (Å²) in [5.74, 6) is -0.559. The molecule has 0 saturated carbocycles. The van der Waals surface area contributed by atoms with Gasteiger partial charge in [-0.1, -0.05) is 72.8 Å². The molecule has 0 spiro atoms. The topological polar surface area (TPSA) is 105 Å². The van der Waals surface area contributed by atoms with E-state index in [0.717, 1.165) is 16.7 Å². The van der Waals surface area contributed by atoms with Crippen molar-refractivity contribution < 1.29 is 19.4 Å². The molecule has 0 aliphatic carbocycles. The molecule has 0 fully saturated rings. The number of nitrogens with one attached hydrogen (secondary N) is 1. The second kappa shape index (κ2) is 12.2. The number of carbonyl (C=O) groups is 2. The molecule has 1 aromatic heterocycles. The Labute approximate surface area is 228 Å². The van der Waals surface area contributed by atoms with Crippen molar-refractivity contribution in [2.24, 2.45) is 0 Å². The third-order valence-electron chi connectivity index (χ3n) is 5.84. The Hall–Kier alpha value is -4.72. The maximum absolute atomic E-state index is 13.1. The highest BCUT2D eigenvalue weighted by Gasteiger charge is 2.24. The summed E-state index contributed by atoms with van der Waals surface area (Å²) in [4.78, 5) is 35.2. The highest BCUT2D eigenvalue weighted by atomic mass is 16.6. The van der Waals surface area contributed by atoms with E-state index in [-0.39, 0.29) is 0 Å². The molecular weight excluding hydrogens is 492 g/mol. The number of benzene rings is 3. The molecule has 0 aliphatic heterocycles. The van der Waals surface area contributed by atoms with Gasteiger partial charge in [-0.25, -0.2) is 19.6 Å². The summed E-state index contributed by atoms with van der Waals surface area (Å²) in [6.45, 7) is 5.87. The summed E-state index contributed by atoms with van der Waals surface area (Å²) in [5, 5.41) is 12.7. The van der Waals surface area contributed by atoms with Crippen LogP contribution in [0.15, 0.2) is 97.3 Å². The van der Waals surface area contributed by atoms with E-state index >= 15 is 0 Å². The Morgan fingerprint density at radius 3 is 2.10 bits per heavy atom. The van der Waals surface area contributed by atoms with Crippen LogP contribution in [0.5, 0.6) is 0 Å². The van der Waals surface area contributed by atoms with Crippen LogP contribution in [0.2, 0.25) is 0 Å². The third-order valence-corrected chi connectivity index (χ3v) is 5.84. The molecule has 0 saturated heterocycles. The number of nitrogens with zero attached hydrogens (tertiary/aromatic N) is 3. The summed E-state index contributed by atoms with van der Waals surface area (Å²) in [6, 6.07) is 27.4. The molecule has 3 aromatic carbocycles. The molecule has 0 unspecified atom stereocenters. The fourth-order valence-electron chi connectivity index (χ4n) is 3.98. The van der Waals surface area contributed by atoms with E-state index in [0.29, 0.717) is 30.2 Å². The van der Waals surface area contributed by atoms with E-state index in [1.54, 1.807) is 11.0 Å². The van der Waals surface area contributed by atoms with Crippen LogP contribution in [0.1, 0.15) is 31.9 Å². The van der Waals surface area contributed by atoms with Crippen molar-refractivity contribution in [3.05, 3.63) is 108 Å². The Morgan fingerprint density at radius 1 is 0.897 bits per heavy atom. The minimum absolute atomic E-state index is 0.312. The molecule has 8 heteroatoms. The van der Waals surface area contributed by atoms with Crippen LogP contribution in [-0.2, 0) is 22.5 Å². The van der Waals surface area contributed by atoms with Gasteiger partial charge in [0.15, 0.2) is 0 Å². The average molecular weight is 525 g/mol. The van der Waals surface area contributed by atoms with Gasteiger partial charge in [0.05, 0.1) is 12.2 Å². The number of carboxylic acid groups (broad SMARTS) is 1. The van der Waals surface area contributed by atoms with Gasteiger partial charge in [0.1, 0.15) is 23.8 Å². The van der Waals surface area contributed by atoms with Gasteiger partial charge in [0.2, 0.25) is 0 Å². The SMILES string of the molecule is CC(C)(C)OC(=O)N(Cc1ccccc1)c1ccc(-c2cc(N[C@@H](Cc3ccccc3)C(=O)O)ncn2)cc1. The van der Waals surface area contributed by atoms with Crippen molar-refractivity contribution in [3.8, 4) is 11.3 Å². The van der Waals surface area contributed by atoms with Gasteiger partial charge >= 0.3 is 12.1 Å². The lowest BCUT2D eigenvalue weighted by atomic mass is 10.1. The van der Waals surface area contributed by atoms with Gasteiger partial charge in [-0.2, -0.15) is 0 Å². The van der Waals surface area contributed by atoms with Gasteiger partial charge in [-0.05, 0) is 44.0 Å². The number of hydrogen-bond acceptors (Lipinski definition) is 6. The molecule has 1 amide bonds. The number of carboxylic acids is 1. The zero-order chi connectivity index (χ0) is 27.8. The van der Waals surface area contributed by atoms with E-state index in [9.17, 15) is 14.7 Å². The Balaban J connectivity index is 1.54. The summed E-state index contributed by atoms with van der Waals surface area (Å²) >= 11 is 0. The number of aliphatic carboxylic acids is 1. The van der Waals surface area contributed by atoms with Crippen LogP contribution in [-0.4, -0.2) is 38.8 Å². The van der Waals surface area contributed by atoms with E-state index in [2.05, 4.69) is 15.3 Å². The fraction of sp³-hybridized carbons (Fsp3) is 0.226. The molecule has 1 heterocycles. The molecule has 39 heavy (non-hydrogen) atoms. The van der Waals surface area contributed by atoms with Crippen molar-refractivity contribution in [1.82, 2.24) is 9.97 Å². The molecule has 8 nitrogen and oxygen atoms in total. The predicted octanol–water partition coefficient (Wildman–Crippen LogP) is 6.19. The van der Waals surface area contributed by atoms with Crippen LogP contribution in [0.4, 0.5) is 16.3 Å². The van der Waals surface area contributed by atoms with Gasteiger partial charge in [0.25, 0.3) is 0 Å². The van der Waals surface area contributed by atoms with Crippen LogP contribution in [0.25, 0.3) is 11.3 Å². The number of amides is 1. The molecule has 4 aromatic rings. The first-order valence-corrected chi connectivity index (χ1v) is 12.7. The van der Waals surface area contributed by atoms with E-state index in [1.807, 2.05) is 106 Å². The van der Waals surface area contributed by atoms with Crippen LogP contribution in [0.3, 0.4) is 0 Å². The van der Waals surface area contributed by atoms with Crippen LogP contribution >= 0.6 is 0 Å². The second-order valence-corrected chi connectivity index (χ2v) is 10.1. The molecular formula is C31H32N4O4. The molecule has 0 bridgehead atoms. The van der Waals surface area contributed by atoms with Crippen LogP contribution in [0, 0.1) is 0 Å². The summed E-state index contributed by atoms with van der Waals surface area (Å²) in [6.07, 6.45) is 1.27.